The summed E-state index contributed by atoms with van der Waals surface area (Å²) in [6, 6.07) is 0. The molecule has 0 atom stereocenters. The highest BCUT2D eigenvalue weighted by Crippen LogP contribution is 2.15. The Morgan fingerprint density at radius 2 is 1.94 bits per heavy atom. The highest BCUT2D eigenvalue weighted by atomic mass is 16.5. The van der Waals surface area contributed by atoms with Gasteiger partial charge in [0.1, 0.15) is 6.61 Å². The number of likely N-dealkylation sites (tertiary alicyclic amines) is 1. The molecule has 0 amide bonds. The van der Waals surface area contributed by atoms with E-state index in [2.05, 4.69) is 10.8 Å². The summed E-state index contributed by atoms with van der Waals surface area (Å²) < 4.78 is 10.2. The molecule has 0 saturated carbocycles. The van der Waals surface area contributed by atoms with Crippen LogP contribution in [0.25, 0.3) is 0 Å². The summed E-state index contributed by atoms with van der Waals surface area (Å²) in [4.78, 5) is 12.5. The number of carbonyl (C=O) groups is 1. The summed E-state index contributed by atoms with van der Waals surface area (Å²) in [5.74, 6) is 2.29. The SMILES string of the molecule is C#CC1CCN(CCOCCOCC(=O)O)CC1. The van der Waals surface area contributed by atoms with Gasteiger partial charge in [-0.15, -0.1) is 12.3 Å². The van der Waals surface area contributed by atoms with Crippen LogP contribution in [-0.2, 0) is 14.3 Å². The molecule has 0 radical (unpaired) electrons. The molecule has 102 valence electrons. The van der Waals surface area contributed by atoms with Crippen LogP contribution < -0.4 is 0 Å². The van der Waals surface area contributed by atoms with Gasteiger partial charge in [-0.1, -0.05) is 0 Å². The standard InChI is InChI=1S/C13H21NO4/c1-2-12-3-5-14(6-4-12)7-8-17-9-10-18-11-13(15)16/h1,12H,3-11H2,(H,15,16). The Balaban J connectivity index is 1.90. The minimum atomic E-state index is -0.952. The lowest BCUT2D eigenvalue weighted by Gasteiger charge is -2.29. The Labute approximate surface area is 108 Å². The van der Waals surface area contributed by atoms with Crippen LogP contribution in [0, 0.1) is 18.3 Å². The van der Waals surface area contributed by atoms with Crippen molar-refractivity contribution in [2.75, 3.05) is 46.1 Å². The van der Waals surface area contributed by atoms with E-state index in [1.807, 2.05) is 0 Å². The van der Waals surface area contributed by atoms with Gasteiger partial charge in [0.05, 0.1) is 19.8 Å². The van der Waals surface area contributed by atoms with Crippen LogP contribution >= 0.6 is 0 Å². The van der Waals surface area contributed by atoms with E-state index in [1.165, 1.54) is 0 Å². The van der Waals surface area contributed by atoms with Gasteiger partial charge in [-0.25, -0.2) is 4.79 Å². The highest BCUT2D eigenvalue weighted by Gasteiger charge is 2.16. The lowest BCUT2D eigenvalue weighted by molar-refractivity contribution is -0.142. The summed E-state index contributed by atoms with van der Waals surface area (Å²) in [5, 5.41) is 8.34. The Bertz CT molecular complexity index is 279. The zero-order valence-corrected chi connectivity index (χ0v) is 10.6. The molecule has 1 fully saturated rings. The van der Waals surface area contributed by atoms with Crippen LogP contribution in [0.3, 0.4) is 0 Å². The fourth-order valence-corrected chi connectivity index (χ4v) is 1.90. The van der Waals surface area contributed by atoms with Crippen molar-refractivity contribution in [2.24, 2.45) is 5.92 Å². The second-order valence-electron chi connectivity index (χ2n) is 4.34. The van der Waals surface area contributed by atoms with Gasteiger partial charge in [-0.2, -0.15) is 0 Å². The van der Waals surface area contributed by atoms with E-state index in [4.69, 9.17) is 21.0 Å². The molecule has 1 rings (SSSR count). The van der Waals surface area contributed by atoms with E-state index in [1.54, 1.807) is 0 Å². The first kappa shape index (κ1) is 15.0. The van der Waals surface area contributed by atoms with Crippen molar-refractivity contribution >= 4 is 5.97 Å². The van der Waals surface area contributed by atoms with E-state index >= 15 is 0 Å². The minimum absolute atomic E-state index is 0.261. The second-order valence-corrected chi connectivity index (χ2v) is 4.34. The lowest BCUT2D eigenvalue weighted by Crippen LogP contribution is -2.35. The van der Waals surface area contributed by atoms with E-state index in [9.17, 15) is 4.79 Å². The molecule has 0 spiro atoms. The normalized spacial score (nSPS) is 17.5. The average Bonchev–Trinajstić information content (AvgIpc) is 2.38. The average molecular weight is 255 g/mol. The van der Waals surface area contributed by atoms with Crippen molar-refractivity contribution in [1.82, 2.24) is 4.90 Å². The molecule has 0 bridgehead atoms. The molecule has 0 unspecified atom stereocenters. The van der Waals surface area contributed by atoms with Gasteiger partial charge in [-0.3, -0.25) is 0 Å². The summed E-state index contributed by atoms with van der Waals surface area (Å²) in [6.45, 7) is 4.12. The number of carboxylic acid groups (broad SMARTS) is 1. The maximum absolute atomic E-state index is 10.2. The lowest BCUT2D eigenvalue weighted by atomic mass is 9.98. The smallest absolute Gasteiger partial charge is 0.329 e. The predicted molar refractivity (Wildman–Crippen MR) is 67.3 cm³/mol. The fraction of sp³-hybridized carbons (Fsp3) is 0.769. The zero-order valence-electron chi connectivity index (χ0n) is 10.6. The number of aliphatic carboxylic acids is 1. The van der Waals surface area contributed by atoms with E-state index < -0.39 is 5.97 Å². The van der Waals surface area contributed by atoms with Gasteiger partial charge in [0.25, 0.3) is 0 Å². The minimum Gasteiger partial charge on any atom is -0.480 e. The van der Waals surface area contributed by atoms with Gasteiger partial charge >= 0.3 is 5.97 Å². The number of terminal acetylenes is 1. The van der Waals surface area contributed by atoms with Crippen LogP contribution in [-0.4, -0.2) is 62.0 Å². The first-order valence-corrected chi connectivity index (χ1v) is 6.28. The molecule has 1 heterocycles. The van der Waals surface area contributed by atoms with Crippen LogP contribution in [0.4, 0.5) is 0 Å². The van der Waals surface area contributed by atoms with E-state index in [0.717, 1.165) is 32.5 Å². The Morgan fingerprint density at radius 1 is 1.28 bits per heavy atom. The number of ether oxygens (including phenoxy) is 2. The molecule has 0 aromatic rings. The van der Waals surface area contributed by atoms with Gasteiger partial charge in [0, 0.05) is 12.5 Å². The summed E-state index contributed by atoms with van der Waals surface area (Å²) >= 11 is 0. The molecule has 1 N–H and O–H groups in total. The molecule has 1 saturated heterocycles. The molecule has 0 aromatic heterocycles. The third-order valence-electron chi connectivity index (χ3n) is 2.97. The van der Waals surface area contributed by atoms with Gasteiger partial charge in [0.15, 0.2) is 0 Å². The molecule has 18 heavy (non-hydrogen) atoms. The number of piperidine rings is 1. The summed E-state index contributed by atoms with van der Waals surface area (Å²) in [7, 11) is 0. The van der Waals surface area contributed by atoms with Crippen molar-refractivity contribution in [3.63, 3.8) is 0 Å². The number of hydrogen-bond acceptors (Lipinski definition) is 4. The van der Waals surface area contributed by atoms with Crippen molar-refractivity contribution < 1.29 is 19.4 Å². The molecule has 1 aliphatic rings. The van der Waals surface area contributed by atoms with Gasteiger partial charge < -0.3 is 19.5 Å². The maximum Gasteiger partial charge on any atom is 0.329 e. The van der Waals surface area contributed by atoms with Crippen molar-refractivity contribution in [2.45, 2.75) is 12.8 Å². The third kappa shape index (κ3) is 6.60. The predicted octanol–water partition coefficient (Wildman–Crippen LogP) is 0.449. The summed E-state index contributed by atoms with van der Waals surface area (Å²) in [6.07, 6.45) is 7.52. The molecule has 5 nitrogen and oxygen atoms in total. The first-order valence-electron chi connectivity index (χ1n) is 6.28. The fourth-order valence-electron chi connectivity index (χ4n) is 1.90. The van der Waals surface area contributed by atoms with Gasteiger partial charge in [-0.05, 0) is 25.9 Å². The highest BCUT2D eigenvalue weighted by molar-refractivity contribution is 5.67. The number of rotatable bonds is 8. The largest absolute Gasteiger partial charge is 0.480 e. The van der Waals surface area contributed by atoms with Crippen LogP contribution in [0.1, 0.15) is 12.8 Å². The molecule has 0 aromatic carbocycles. The Kier molecular flexibility index (Phi) is 7.42. The molecule has 0 aliphatic carbocycles. The van der Waals surface area contributed by atoms with Crippen LogP contribution in [0.2, 0.25) is 0 Å². The molecular weight excluding hydrogens is 234 g/mol. The number of carboxylic acids is 1. The third-order valence-corrected chi connectivity index (χ3v) is 2.97. The van der Waals surface area contributed by atoms with E-state index in [0.29, 0.717) is 25.7 Å². The maximum atomic E-state index is 10.2. The number of nitrogens with zero attached hydrogens (tertiary/aromatic N) is 1. The van der Waals surface area contributed by atoms with Crippen LogP contribution in [0.15, 0.2) is 0 Å². The Hall–Kier alpha value is -1.09. The Morgan fingerprint density at radius 3 is 2.56 bits per heavy atom. The monoisotopic (exact) mass is 255 g/mol. The van der Waals surface area contributed by atoms with Gasteiger partial charge in [0.2, 0.25) is 0 Å². The van der Waals surface area contributed by atoms with Crippen molar-refractivity contribution in [3.05, 3.63) is 0 Å². The van der Waals surface area contributed by atoms with Crippen molar-refractivity contribution in [1.29, 1.82) is 0 Å². The zero-order chi connectivity index (χ0) is 13.2. The van der Waals surface area contributed by atoms with Crippen molar-refractivity contribution in [3.8, 4) is 12.3 Å². The first-order chi connectivity index (χ1) is 8.72. The quantitative estimate of drug-likeness (QED) is 0.504. The molecule has 5 heteroatoms. The second kappa shape index (κ2) is 8.92. The summed E-state index contributed by atoms with van der Waals surface area (Å²) in [5.41, 5.74) is 0. The van der Waals surface area contributed by atoms with Crippen LogP contribution in [0.5, 0.6) is 0 Å². The molecular formula is C13H21NO4. The topological polar surface area (TPSA) is 59.0 Å². The van der Waals surface area contributed by atoms with E-state index in [-0.39, 0.29) is 6.61 Å². The molecule has 1 aliphatic heterocycles. The number of hydrogen-bond donors (Lipinski definition) is 1.